The van der Waals surface area contributed by atoms with Gasteiger partial charge in [-0.1, -0.05) is 35.3 Å². The molecule has 0 saturated heterocycles. The maximum Gasteiger partial charge on any atom is 0.257 e. The van der Waals surface area contributed by atoms with Crippen molar-refractivity contribution in [1.82, 2.24) is 15.3 Å². The summed E-state index contributed by atoms with van der Waals surface area (Å²) in [6.07, 6.45) is 1.34. The molecule has 0 atom stereocenters. The zero-order valence-electron chi connectivity index (χ0n) is 12.1. The Bertz CT molecular complexity index is 987. The van der Waals surface area contributed by atoms with E-state index in [1.807, 2.05) is 0 Å². The quantitative estimate of drug-likeness (QED) is 0.623. The summed E-state index contributed by atoms with van der Waals surface area (Å²) in [5.74, 6) is -0.475. The lowest BCUT2D eigenvalue weighted by molar-refractivity contribution is 0.0949. The second-order valence-corrected chi connectivity index (χ2v) is 6.61. The first-order valence-corrected chi connectivity index (χ1v) is 8.40. The summed E-state index contributed by atoms with van der Waals surface area (Å²) >= 11 is 15.0. The number of carbonyl (C=O) groups is 1. The van der Waals surface area contributed by atoms with Gasteiger partial charge in [0.2, 0.25) is 5.43 Å². The van der Waals surface area contributed by atoms with Gasteiger partial charge < -0.3 is 10.3 Å². The number of pyridine rings is 2. The van der Waals surface area contributed by atoms with E-state index >= 15 is 0 Å². The number of carbonyl (C=O) groups excluding carboxylic acids is 1. The number of aromatic amines is 1. The van der Waals surface area contributed by atoms with Crippen LogP contribution < -0.4 is 10.7 Å². The van der Waals surface area contributed by atoms with Gasteiger partial charge in [0.05, 0.1) is 10.9 Å². The van der Waals surface area contributed by atoms with E-state index in [1.165, 1.54) is 12.3 Å². The first kappa shape index (κ1) is 17.0. The standard InChI is InChI=1S/C16H10BrCl2N3O2/c17-12-5-10-13(15(19)22-12)20-7-11(14(10)23)16(24)21-6-8-1-3-9(18)4-2-8/h1-5,7H,6H2,(H,20,23)(H,21,24). The summed E-state index contributed by atoms with van der Waals surface area (Å²) in [4.78, 5) is 31.7. The Balaban J connectivity index is 1.88. The summed E-state index contributed by atoms with van der Waals surface area (Å²) in [6, 6.07) is 8.60. The highest BCUT2D eigenvalue weighted by Crippen LogP contribution is 2.21. The Morgan fingerprint density at radius 1 is 1.25 bits per heavy atom. The van der Waals surface area contributed by atoms with E-state index in [0.717, 1.165) is 5.56 Å². The van der Waals surface area contributed by atoms with Crippen LogP contribution >= 0.6 is 39.1 Å². The van der Waals surface area contributed by atoms with E-state index in [-0.39, 0.29) is 17.3 Å². The summed E-state index contributed by atoms with van der Waals surface area (Å²) < 4.78 is 0.421. The predicted octanol–water partition coefficient (Wildman–Crippen LogP) is 3.92. The number of nitrogens with one attached hydrogen (secondary N) is 2. The highest BCUT2D eigenvalue weighted by Gasteiger charge is 2.15. The average Bonchev–Trinajstić information content (AvgIpc) is 2.55. The summed E-state index contributed by atoms with van der Waals surface area (Å²) in [5, 5.41) is 3.77. The number of H-pyrrole nitrogens is 1. The van der Waals surface area contributed by atoms with Gasteiger partial charge in [0, 0.05) is 17.8 Å². The van der Waals surface area contributed by atoms with Crippen molar-refractivity contribution in [3.8, 4) is 0 Å². The molecule has 0 aliphatic carbocycles. The van der Waals surface area contributed by atoms with Crippen molar-refractivity contribution >= 4 is 55.9 Å². The van der Waals surface area contributed by atoms with Crippen LogP contribution in [0.15, 0.2) is 45.9 Å². The molecule has 3 rings (SSSR count). The molecule has 0 fully saturated rings. The molecule has 0 unspecified atom stereocenters. The molecule has 0 aliphatic heterocycles. The van der Waals surface area contributed by atoms with Crippen LogP contribution in [0, 0.1) is 0 Å². The smallest absolute Gasteiger partial charge is 0.257 e. The molecule has 0 spiro atoms. The van der Waals surface area contributed by atoms with Crippen molar-refractivity contribution in [2.75, 3.05) is 0 Å². The molecule has 122 valence electrons. The Morgan fingerprint density at radius 3 is 2.67 bits per heavy atom. The van der Waals surface area contributed by atoms with Crippen LogP contribution in [0.2, 0.25) is 10.2 Å². The van der Waals surface area contributed by atoms with Crippen LogP contribution in [0.5, 0.6) is 0 Å². The van der Waals surface area contributed by atoms with E-state index in [0.29, 0.717) is 20.5 Å². The molecule has 5 nitrogen and oxygen atoms in total. The molecule has 1 aromatic carbocycles. The molecular weight excluding hydrogens is 417 g/mol. The van der Waals surface area contributed by atoms with Crippen molar-refractivity contribution in [3.05, 3.63) is 72.7 Å². The monoisotopic (exact) mass is 425 g/mol. The number of hydrogen-bond acceptors (Lipinski definition) is 3. The number of halogens is 3. The molecule has 0 saturated carbocycles. The van der Waals surface area contributed by atoms with E-state index in [9.17, 15) is 9.59 Å². The third-order valence-corrected chi connectivity index (χ3v) is 4.34. The fraction of sp³-hybridized carbons (Fsp3) is 0.0625. The molecule has 2 aromatic heterocycles. The lowest BCUT2D eigenvalue weighted by Gasteiger charge is -2.07. The largest absolute Gasteiger partial charge is 0.358 e. The molecular formula is C16H10BrCl2N3O2. The van der Waals surface area contributed by atoms with E-state index in [4.69, 9.17) is 23.2 Å². The first-order valence-electron chi connectivity index (χ1n) is 6.86. The van der Waals surface area contributed by atoms with Crippen molar-refractivity contribution in [2.24, 2.45) is 0 Å². The van der Waals surface area contributed by atoms with Gasteiger partial charge in [-0.25, -0.2) is 4.98 Å². The Morgan fingerprint density at radius 2 is 1.96 bits per heavy atom. The summed E-state index contributed by atoms with van der Waals surface area (Å²) in [6.45, 7) is 0.286. The van der Waals surface area contributed by atoms with Crippen molar-refractivity contribution < 1.29 is 4.79 Å². The van der Waals surface area contributed by atoms with E-state index < -0.39 is 11.3 Å². The zero-order chi connectivity index (χ0) is 17.3. The Kier molecular flexibility index (Phi) is 4.89. The Hall–Kier alpha value is -1.89. The predicted molar refractivity (Wildman–Crippen MR) is 97.7 cm³/mol. The second kappa shape index (κ2) is 6.93. The highest BCUT2D eigenvalue weighted by molar-refractivity contribution is 9.10. The molecule has 3 aromatic rings. The minimum absolute atomic E-state index is 0.00521. The minimum atomic E-state index is -0.475. The van der Waals surface area contributed by atoms with E-state index in [2.05, 4.69) is 31.2 Å². The summed E-state index contributed by atoms with van der Waals surface area (Å²) in [5.41, 5.74) is 0.854. The zero-order valence-corrected chi connectivity index (χ0v) is 15.2. The fourth-order valence-electron chi connectivity index (χ4n) is 2.20. The van der Waals surface area contributed by atoms with Crippen LogP contribution in [0.25, 0.3) is 10.9 Å². The molecule has 0 radical (unpaired) electrons. The number of hydrogen-bond donors (Lipinski definition) is 2. The Labute approximate surface area is 155 Å². The molecule has 1 amide bonds. The third kappa shape index (κ3) is 3.45. The highest BCUT2D eigenvalue weighted by atomic mass is 79.9. The van der Waals surface area contributed by atoms with Gasteiger partial charge in [-0.3, -0.25) is 9.59 Å². The van der Waals surface area contributed by atoms with Crippen LogP contribution in [-0.4, -0.2) is 15.9 Å². The summed E-state index contributed by atoms with van der Waals surface area (Å²) in [7, 11) is 0. The third-order valence-electron chi connectivity index (χ3n) is 3.41. The normalized spacial score (nSPS) is 10.8. The van der Waals surface area contributed by atoms with Crippen molar-refractivity contribution in [1.29, 1.82) is 0 Å². The van der Waals surface area contributed by atoms with Gasteiger partial charge in [0.15, 0.2) is 5.15 Å². The maximum atomic E-state index is 12.5. The first-order chi connectivity index (χ1) is 11.5. The van der Waals surface area contributed by atoms with E-state index in [1.54, 1.807) is 24.3 Å². The maximum absolute atomic E-state index is 12.5. The number of amides is 1. The number of nitrogens with zero attached hydrogens (tertiary/aromatic N) is 1. The number of benzene rings is 1. The lowest BCUT2D eigenvalue weighted by Crippen LogP contribution is -2.28. The topological polar surface area (TPSA) is 74.8 Å². The van der Waals surface area contributed by atoms with Gasteiger partial charge in [-0.05, 0) is 39.7 Å². The molecule has 8 heteroatoms. The van der Waals surface area contributed by atoms with Crippen LogP contribution in [0.4, 0.5) is 0 Å². The SMILES string of the molecule is O=C(NCc1ccc(Cl)cc1)c1c[nH]c2c(Cl)nc(Br)cc2c1=O. The van der Waals surface area contributed by atoms with Gasteiger partial charge in [0.25, 0.3) is 5.91 Å². The molecule has 2 N–H and O–H groups in total. The van der Waals surface area contributed by atoms with Gasteiger partial charge in [-0.15, -0.1) is 0 Å². The number of fused-ring (bicyclic) bond motifs is 1. The molecule has 0 bridgehead atoms. The van der Waals surface area contributed by atoms with Crippen LogP contribution in [0.1, 0.15) is 15.9 Å². The van der Waals surface area contributed by atoms with Crippen molar-refractivity contribution in [3.63, 3.8) is 0 Å². The van der Waals surface area contributed by atoms with Gasteiger partial charge >= 0.3 is 0 Å². The second-order valence-electron chi connectivity index (χ2n) is 5.00. The molecule has 2 heterocycles. The van der Waals surface area contributed by atoms with Gasteiger partial charge in [-0.2, -0.15) is 0 Å². The molecule has 24 heavy (non-hydrogen) atoms. The number of rotatable bonds is 3. The molecule has 0 aliphatic rings. The average molecular weight is 427 g/mol. The van der Waals surface area contributed by atoms with Crippen LogP contribution in [0.3, 0.4) is 0 Å². The fourth-order valence-corrected chi connectivity index (χ4v) is 3.09. The van der Waals surface area contributed by atoms with Crippen LogP contribution in [-0.2, 0) is 6.54 Å². The number of aromatic nitrogens is 2. The van der Waals surface area contributed by atoms with Gasteiger partial charge in [0.1, 0.15) is 10.2 Å². The minimum Gasteiger partial charge on any atom is -0.358 e. The lowest BCUT2D eigenvalue weighted by atomic mass is 10.1. The van der Waals surface area contributed by atoms with Crippen molar-refractivity contribution in [2.45, 2.75) is 6.54 Å².